The Labute approximate surface area is 174 Å². The summed E-state index contributed by atoms with van der Waals surface area (Å²) in [7, 11) is 0. The Morgan fingerprint density at radius 1 is 1.10 bits per heavy atom. The summed E-state index contributed by atoms with van der Waals surface area (Å²) in [5.74, 6) is 0. The van der Waals surface area contributed by atoms with Crippen LogP contribution in [-0.2, 0) is 6.54 Å². The van der Waals surface area contributed by atoms with Gasteiger partial charge in [-0.25, -0.2) is 0 Å². The van der Waals surface area contributed by atoms with Gasteiger partial charge >= 0.3 is 0 Å². The standard InChI is InChI=1S/C22H22N4O2S/c1-15-12-16(2)14-18(13-15)23-22(29)25-11-10-24-9-3-4-20(24)21(25)17-5-7-19(8-6-17)26(27)28/h3-9,12-14,21H,10-11H2,1-2H3,(H,23,29)/t21-/m1/s1. The van der Waals surface area contributed by atoms with E-state index in [4.69, 9.17) is 12.2 Å². The molecule has 0 aliphatic carbocycles. The monoisotopic (exact) mass is 406 g/mol. The highest BCUT2D eigenvalue weighted by atomic mass is 32.1. The lowest BCUT2D eigenvalue weighted by molar-refractivity contribution is -0.384. The molecule has 0 saturated heterocycles. The molecule has 0 bridgehead atoms. The summed E-state index contributed by atoms with van der Waals surface area (Å²) in [4.78, 5) is 12.8. The Morgan fingerprint density at radius 3 is 2.45 bits per heavy atom. The normalized spacial score (nSPS) is 15.7. The van der Waals surface area contributed by atoms with Crippen molar-refractivity contribution in [3.63, 3.8) is 0 Å². The summed E-state index contributed by atoms with van der Waals surface area (Å²) >= 11 is 5.79. The number of hydrogen-bond donors (Lipinski definition) is 1. The number of nitrogens with zero attached hydrogens (tertiary/aromatic N) is 3. The van der Waals surface area contributed by atoms with E-state index in [2.05, 4.69) is 59.1 Å². The zero-order valence-electron chi connectivity index (χ0n) is 16.3. The highest BCUT2D eigenvalue weighted by Crippen LogP contribution is 2.34. The van der Waals surface area contributed by atoms with Crippen LogP contribution in [0, 0.1) is 24.0 Å². The molecule has 148 valence electrons. The number of rotatable bonds is 3. The molecule has 2 aromatic carbocycles. The topological polar surface area (TPSA) is 63.3 Å². The largest absolute Gasteiger partial charge is 0.348 e. The van der Waals surface area contributed by atoms with Crippen LogP contribution in [0.3, 0.4) is 0 Å². The molecule has 2 heterocycles. The highest BCUT2D eigenvalue weighted by molar-refractivity contribution is 7.80. The molecule has 3 aromatic rings. The van der Waals surface area contributed by atoms with Crippen molar-refractivity contribution < 1.29 is 4.92 Å². The van der Waals surface area contributed by atoms with Gasteiger partial charge in [0.05, 0.1) is 11.0 Å². The van der Waals surface area contributed by atoms with Crippen molar-refractivity contribution in [2.75, 3.05) is 11.9 Å². The molecule has 29 heavy (non-hydrogen) atoms. The first-order valence-corrected chi connectivity index (χ1v) is 9.88. The summed E-state index contributed by atoms with van der Waals surface area (Å²) in [6.07, 6.45) is 2.06. The first kappa shape index (κ1) is 19.1. The predicted octanol–water partition coefficient (Wildman–Crippen LogP) is 4.82. The van der Waals surface area contributed by atoms with Crippen molar-refractivity contribution in [2.24, 2.45) is 0 Å². The van der Waals surface area contributed by atoms with Gasteiger partial charge in [-0.3, -0.25) is 10.1 Å². The number of aromatic nitrogens is 1. The van der Waals surface area contributed by atoms with Crippen LogP contribution in [0.4, 0.5) is 11.4 Å². The Kier molecular flexibility index (Phi) is 5.07. The third kappa shape index (κ3) is 3.86. The summed E-state index contributed by atoms with van der Waals surface area (Å²) in [5.41, 5.74) is 5.50. The number of non-ortho nitro benzene ring substituents is 1. The predicted molar refractivity (Wildman–Crippen MR) is 118 cm³/mol. The van der Waals surface area contributed by atoms with Crippen LogP contribution < -0.4 is 5.32 Å². The number of nitro groups is 1. The maximum atomic E-state index is 11.0. The van der Waals surface area contributed by atoms with E-state index in [0.29, 0.717) is 5.11 Å². The molecule has 7 heteroatoms. The fourth-order valence-corrected chi connectivity index (χ4v) is 4.29. The Bertz CT molecular complexity index is 1050. The molecule has 1 aliphatic rings. The van der Waals surface area contributed by atoms with E-state index in [1.165, 1.54) is 11.1 Å². The minimum atomic E-state index is -0.378. The van der Waals surface area contributed by atoms with Crippen molar-refractivity contribution in [1.82, 2.24) is 9.47 Å². The number of nitrogens with one attached hydrogen (secondary N) is 1. The van der Waals surface area contributed by atoms with Crippen LogP contribution in [0.5, 0.6) is 0 Å². The number of fused-ring (bicyclic) bond motifs is 1. The SMILES string of the molecule is Cc1cc(C)cc(NC(=S)N2CCn3cccc3[C@H]2c2ccc([N+](=O)[O-])cc2)c1. The van der Waals surface area contributed by atoms with Crippen molar-refractivity contribution in [2.45, 2.75) is 26.4 Å². The molecule has 1 aromatic heterocycles. The molecule has 6 nitrogen and oxygen atoms in total. The van der Waals surface area contributed by atoms with Crippen LogP contribution in [0.1, 0.15) is 28.4 Å². The van der Waals surface area contributed by atoms with E-state index < -0.39 is 0 Å². The van der Waals surface area contributed by atoms with Crippen LogP contribution in [0.2, 0.25) is 0 Å². The first-order valence-electron chi connectivity index (χ1n) is 9.48. The van der Waals surface area contributed by atoms with Crippen molar-refractivity contribution in [1.29, 1.82) is 0 Å². The fourth-order valence-electron chi connectivity index (χ4n) is 3.97. The third-order valence-corrected chi connectivity index (χ3v) is 5.53. The minimum Gasteiger partial charge on any atom is -0.348 e. The van der Waals surface area contributed by atoms with Gasteiger partial charge in [-0.05, 0) is 79.2 Å². The molecule has 1 aliphatic heterocycles. The van der Waals surface area contributed by atoms with Gasteiger partial charge in [0.25, 0.3) is 5.69 Å². The third-order valence-electron chi connectivity index (χ3n) is 5.19. The molecule has 0 amide bonds. The van der Waals surface area contributed by atoms with Gasteiger partial charge in [0.1, 0.15) is 0 Å². The second kappa shape index (κ2) is 7.67. The molecule has 4 rings (SSSR count). The van der Waals surface area contributed by atoms with Crippen molar-refractivity contribution >= 4 is 28.7 Å². The van der Waals surface area contributed by atoms with E-state index in [1.54, 1.807) is 12.1 Å². The molecule has 0 fully saturated rings. The summed E-state index contributed by atoms with van der Waals surface area (Å²) in [6, 6.07) is 17.0. The fraction of sp³-hybridized carbons (Fsp3) is 0.227. The van der Waals surface area contributed by atoms with Crippen LogP contribution in [0.25, 0.3) is 0 Å². The number of hydrogen-bond acceptors (Lipinski definition) is 3. The van der Waals surface area contributed by atoms with Crippen molar-refractivity contribution in [3.8, 4) is 0 Å². The molecular formula is C22H22N4O2S. The van der Waals surface area contributed by atoms with Gasteiger partial charge < -0.3 is 14.8 Å². The average Bonchev–Trinajstić information content (AvgIpc) is 3.15. The van der Waals surface area contributed by atoms with E-state index in [9.17, 15) is 10.1 Å². The quantitative estimate of drug-likeness (QED) is 0.384. The second-order valence-electron chi connectivity index (χ2n) is 7.38. The van der Waals surface area contributed by atoms with E-state index in [0.717, 1.165) is 30.0 Å². The van der Waals surface area contributed by atoms with Gasteiger partial charge in [0, 0.05) is 42.8 Å². The van der Waals surface area contributed by atoms with Gasteiger partial charge in [-0.2, -0.15) is 0 Å². The van der Waals surface area contributed by atoms with Gasteiger partial charge in [0.15, 0.2) is 5.11 Å². The minimum absolute atomic E-state index is 0.0856. The number of aryl methyl sites for hydroxylation is 2. The lowest BCUT2D eigenvalue weighted by Crippen LogP contribution is -2.44. The maximum Gasteiger partial charge on any atom is 0.269 e. The molecule has 0 unspecified atom stereocenters. The summed E-state index contributed by atoms with van der Waals surface area (Å²) < 4.78 is 2.21. The molecule has 0 radical (unpaired) electrons. The number of anilines is 1. The van der Waals surface area contributed by atoms with Crippen molar-refractivity contribution in [3.05, 3.63) is 93.3 Å². The van der Waals surface area contributed by atoms with E-state index in [1.807, 2.05) is 18.2 Å². The average molecular weight is 407 g/mol. The van der Waals surface area contributed by atoms with Crippen LogP contribution in [0.15, 0.2) is 60.8 Å². The van der Waals surface area contributed by atoms with Gasteiger partial charge in [0.2, 0.25) is 0 Å². The molecule has 1 N–H and O–H groups in total. The van der Waals surface area contributed by atoms with Crippen LogP contribution >= 0.6 is 12.2 Å². The molecular weight excluding hydrogens is 384 g/mol. The van der Waals surface area contributed by atoms with E-state index >= 15 is 0 Å². The summed E-state index contributed by atoms with van der Waals surface area (Å²) in [6.45, 7) is 5.71. The number of benzene rings is 2. The van der Waals surface area contributed by atoms with E-state index in [-0.39, 0.29) is 16.7 Å². The smallest absolute Gasteiger partial charge is 0.269 e. The number of nitro benzene ring substituents is 1. The van der Waals surface area contributed by atoms with Gasteiger partial charge in [-0.15, -0.1) is 0 Å². The Hall–Kier alpha value is -3.19. The molecule has 0 saturated carbocycles. The zero-order valence-corrected chi connectivity index (χ0v) is 17.1. The maximum absolute atomic E-state index is 11.0. The molecule has 0 spiro atoms. The highest BCUT2D eigenvalue weighted by Gasteiger charge is 2.30. The summed E-state index contributed by atoms with van der Waals surface area (Å²) in [5, 5.41) is 15.1. The zero-order chi connectivity index (χ0) is 20.5. The lowest BCUT2D eigenvalue weighted by atomic mass is 10.00. The Morgan fingerprint density at radius 2 is 1.79 bits per heavy atom. The lowest BCUT2D eigenvalue weighted by Gasteiger charge is -2.39. The molecule has 1 atom stereocenters. The van der Waals surface area contributed by atoms with Crippen LogP contribution in [-0.4, -0.2) is 26.0 Å². The number of thiocarbonyl (C=S) groups is 1. The second-order valence-corrected chi connectivity index (χ2v) is 7.76. The Balaban J connectivity index is 1.67. The first-order chi connectivity index (χ1) is 13.9. The van der Waals surface area contributed by atoms with Gasteiger partial charge in [-0.1, -0.05) is 6.07 Å².